The summed E-state index contributed by atoms with van der Waals surface area (Å²) in [5.41, 5.74) is 1.51. The molecule has 19 heavy (non-hydrogen) atoms. The van der Waals surface area contributed by atoms with E-state index in [1.165, 1.54) is 22.4 Å². The third-order valence-corrected chi connectivity index (χ3v) is 3.85. The summed E-state index contributed by atoms with van der Waals surface area (Å²) in [5.74, 6) is 0.669. The third kappa shape index (κ3) is 2.29. The Morgan fingerprint density at radius 3 is 2.79 bits per heavy atom. The lowest BCUT2D eigenvalue weighted by Gasteiger charge is -2.03. The van der Waals surface area contributed by atoms with Gasteiger partial charge < -0.3 is 4.52 Å². The van der Waals surface area contributed by atoms with Crippen LogP contribution in [-0.2, 0) is 0 Å². The third-order valence-electron chi connectivity index (χ3n) is 2.76. The highest BCUT2D eigenvalue weighted by Crippen LogP contribution is 2.28. The Labute approximate surface area is 114 Å². The zero-order valence-corrected chi connectivity index (χ0v) is 11.4. The summed E-state index contributed by atoms with van der Waals surface area (Å²) >= 11 is 1.49. The molecule has 0 spiro atoms. The Morgan fingerprint density at radius 2 is 2.00 bits per heavy atom. The summed E-state index contributed by atoms with van der Waals surface area (Å²) in [6, 6.07) is 11.3. The molecule has 0 aliphatic carbocycles. The fourth-order valence-corrected chi connectivity index (χ4v) is 2.74. The van der Waals surface area contributed by atoms with E-state index in [2.05, 4.69) is 4.98 Å². The van der Waals surface area contributed by atoms with Gasteiger partial charge in [-0.2, -0.15) is 0 Å². The van der Waals surface area contributed by atoms with Gasteiger partial charge >= 0.3 is 0 Å². The van der Waals surface area contributed by atoms with E-state index in [9.17, 15) is 4.79 Å². The molecule has 0 radical (unpaired) electrons. The number of aromatic nitrogens is 2. The van der Waals surface area contributed by atoms with Gasteiger partial charge in [-0.3, -0.25) is 4.79 Å². The highest BCUT2D eigenvalue weighted by Gasteiger charge is 2.08. The second kappa shape index (κ2) is 4.59. The Balaban J connectivity index is 2.07. The first-order chi connectivity index (χ1) is 9.13. The monoisotopic (exact) mass is 272 g/mol. The van der Waals surface area contributed by atoms with Crippen LogP contribution in [0, 0.1) is 13.8 Å². The van der Waals surface area contributed by atoms with Gasteiger partial charge in [0.05, 0.1) is 0 Å². The zero-order chi connectivity index (χ0) is 13.4. The van der Waals surface area contributed by atoms with Crippen LogP contribution in [0.1, 0.15) is 11.3 Å². The quantitative estimate of drug-likeness (QED) is 0.673. The van der Waals surface area contributed by atoms with Crippen LogP contribution in [0.2, 0.25) is 0 Å². The number of benzene rings is 1. The van der Waals surface area contributed by atoms with E-state index in [1.807, 2.05) is 31.2 Å². The van der Waals surface area contributed by atoms with Crippen molar-refractivity contribution in [2.24, 2.45) is 0 Å². The number of rotatable bonds is 2. The summed E-state index contributed by atoms with van der Waals surface area (Å²) in [4.78, 5) is 17.4. The van der Waals surface area contributed by atoms with Crippen LogP contribution in [-0.4, -0.2) is 9.56 Å². The van der Waals surface area contributed by atoms with Crippen molar-refractivity contribution in [2.75, 3.05) is 0 Å². The molecule has 0 aliphatic heterocycles. The molecular formula is C14H12N2O2S. The van der Waals surface area contributed by atoms with Gasteiger partial charge in [-0.15, -0.1) is 4.57 Å². The van der Waals surface area contributed by atoms with Crippen molar-refractivity contribution in [3.8, 4) is 0 Å². The van der Waals surface area contributed by atoms with Gasteiger partial charge in [0, 0.05) is 17.0 Å². The first-order valence-corrected chi connectivity index (χ1v) is 6.69. The molecule has 0 unspecified atom stereocenters. The van der Waals surface area contributed by atoms with Gasteiger partial charge in [-0.1, -0.05) is 30.0 Å². The van der Waals surface area contributed by atoms with Crippen LogP contribution in [0.3, 0.4) is 0 Å². The molecule has 0 fully saturated rings. The molecule has 0 amide bonds. The topological polar surface area (TPSA) is 47.5 Å². The lowest BCUT2D eigenvalue weighted by atomic mass is 10.2. The predicted octanol–water partition coefficient (Wildman–Crippen LogP) is 3.06. The lowest BCUT2D eigenvalue weighted by molar-refractivity contribution is 0.344. The van der Waals surface area contributed by atoms with E-state index in [0.29, 0.717) is 16.4 Å². The average Bonchev–Trinajstić information content (AvgIpc) is 2.73. The van der Waals surface area contributed by atoms with Crippen LogP contribution in [0.15, 0.2) is 55.6 Å². The zero-order valence-electron chi connectivity index (χ0n) is 10.6. The summed E-state index contributed by atoms with van der Waals surface area (Å²) in [6.07, 6.45) is 0. The summed E-state index contributed by atoms with van der Waals surface area (Å²) < 4.78 is 6.47. The minimum absolute atomic E-state index is 0.200. The molecule has 1 aromatic carbocycles. The Morgan fingerprint density at radius 1 is 1.21 bits per heavy atom. The smallest absolute Gasteiger partial charge is 0.288 e. The van der Waals surface area contributed by atoms with Gasteiger partial charge in [-0.25, -0.2) is 4.98 Å². The first-order valence-electron chi connectivity index (χ1n) is 5.88. The maximum atomic E-state index is 11.9. The van der Waals surface area contributed by atoms with Gasteiger partial charge in [0.1, 0.15) is 10.8 Å². The average molecular weight is 272 g/mol. The van der Waals surface area contributed by atoms with Crippen LogP contribution >= 0.6 is 11.8 Å². The summed E-state index contributed by atoms with van der Waals surface area (Å²) in [5, 5.41) is 0.681. The molecule has 4 nitrogen and oxygen atoms in total. The molecule has 0 aliphatic rings. The molecule has 0 saturated heterocycles. The Hall–Kier alpha value is -2.01. The number of hydrogen-bond acceptors (Lipinski definition) is 4. The molecule has 3 aromatic rings. The number of nitrogens with zero attached hydrogens (tertiary/aromatic N) is 2. The van der Waals surface area contributed by atoms with Gasteiger partial charge in [-0.05, 0) is 25.5 Å². The minimum atomic E-state index is -0.200. The molecule has 3 rings (SSSR count). The van der Waals surface area contributed by atoms with Crippen molar-refractivity contribution < 1.29 is 4.52 Å². The van der Waals surface area contributed by atoms with E-state index in [4.69, 9.17) is 4.52 Å². The predicted molar refractivity (Wildman–Crippen MR) is 73.8 cm³/mol. The highest BCUT2D eigenvalue weighted by molar-refractivity contribution is 7.99. The number of fused-ring (bicyclic) bond motifs is 1. The molecule has 2 heterocycles. The SMILES string of the molecule is Cc1cc2nc(Sc3ccccc3C)cc(=O)n2o1. The van der Waals surface area contributed by atoms with E-state index in [1.54, 1.807) is 13.0 Å². The molecule has 0 atom stereocenters. The fourth-order valence-electron chi connectivity index (χ4n) is 1.84. The van der Waals surface area contributed by atoms with Crippen molar-refractivity contribution in [1.29, 1.82) is 0 Å². The van der Waals surface area contributed by atoms with Crippen LogP contribution in [0.25, 0.3) is 5.65 Å². The Bertz CT molecular complexity index is 805. The highest BCUT2D eigenvalue weighted by atomic mass is 32.2. The number of aryl methyl sites for hydroxylation is 2. The van der Waals surface area contributed by atoms with Crippen LogP contribution in [0.5, 0.6) is 0 Å². The van der Waals surface area contributed by atoms with E-state index >= 15 is 0 Å². The van der Waals surface area contributed by atoms with Crippen molar-refractivity contribution in [2.45, 2.75) is 23.8 Å². The summed E-state index contributed by atoms with van der Waals surface area (Å²) in [7, 11) is 0. The molecule has 0 bridgehead atoms. The van der Waals surface area contributed by atoms with E-state index in [-0.39, 0.29) is 5.56 Å². The van der Waals surface area contributed by atoms with Crippen molar-refractivity contribution in [1.82, 2.24) is 9.56 Å². The van der Waals surface area contributed by atoms with Gasteiger partial charge in [0.2, 0.25) is 0 Å². The van der Waals surface area contributed by atoms with Gasteiger partial charge in [0.15, 0.2) is 5.65 Å². The van der Waals surface area contributed by atoms with Crippen molar-refractivity contribution in [3.05, 3.63) is 58.1 Å². The minimum Gasteiger partial charge on any atom is -0.375 e. The molecule has 2 aromatic heterocycles. The lowest BCUT2D eigenvalue weighted by Crippen LogP contribution is -2.11. The van der Waals surface area contributed by atoms with Crippen LogP contribution in [0.4, 0.5) is 0 Å². The van der Waals surface area contributed by atoms with Crippen molar-refractivity contribution >= 4 is 17.4 Å². The first kappa shape index (κ1) is 12.0. The van der Waals surface area contributed by atoms with E-state index in [0.717, 1.165) is 10.5 Å². The van der Waals surface area contributed by atoms with E-state index < -0.39 is 0 Å². The molecular weight excluding hydrogens is 260 g/mol. The second-order valence-corrected chi connectivity index (χ2v) is 5.36. The standard InChI is InChI=1S/C14H12N2O2S/c1-9-5-3-4-6-11(9)19-13-8-14(17)16-12(15-13)7-10(2)18-16/h3-8H,1-2H3. The maximum absolute atomic E-state index is 11.9. The fraction of sp³-hybridized carbons (Fsp3) is 0.143. The molecule has 0 saturated carbocycles. The second-order valence-electron chi connectivity index (χ2n) is 4.30. The van der Waals surface area contributed by atoms with Gasteiger partial charge in [0.25, 0.3) is 5.56 Å². The summed E-state index contributed by atoms with van der Waals surface area (Å²) in [6.45, 7) is 3.83. The number of hydrogen-bond donors (Lipinski definition) is 0. The van der Waals surface area contributed by atoms with Crippen molar-refractivity contribution in [3.63, 3.8) is 0 Å². The normalized spacial score (nSPS) is 11.1. The largest absolute Gasteiger partial charge is 0.375 e. The molecule has 96 valence electrons. The molecule has 5 heteroatoms. The van der Waals surface area contributed by atoms with Crippen LogP contribution < -0.4 is 5.56 Å². The Kier molecular flexibility index (Phi) is 2.91. The maximum Gasteiger partial charge on any atom is 0.288 e. The molecule has 0 N–H and O–H groups in total.